The number of likely N-dealkylation sites (tertiary alicyclic amines) is 1. The van der Waals surface area contributed by atoms with E-state index in [0.29, 0.717) is 18.5 Å². The molecule has 2 rings (SSSR count). The molecule has 4 nitrogen and oxygen atoms in total. The summed E-state index contributed by atoms with van der Waals surface area (Å²) in [6, 6.07) is 6.09. The van der Waals surface area contributed by atoms with Gasteiger partial charge in [-0.15, -0.1) is 0 Å². The van der Waals surface area contributed by atoms with Crippen molar-refractivity contribution in [3.05, 3.63) is 41.7 Å². The molecule has 21 heavy (non-hydrogen) atoms. The minimum absolute atomic E-state index is 0.0743. The van der Waals surface area contributed by atoms with Gasteiger partial charge in [-0.05, 0) is 43.5 Å². The van der Waals surface area contributed by atoms with Crippen molar-refractivity contribution in [2.45, 2.75) is 25.8 Å². The molecule has 1 aromatic rings. The van der Waals surface area contributed by atoms with E-state index in [-0.39, 0.29) is 29.6 Å². The van der Waals surface area contributed by atoms with Crippen LogP contribution in [0.3, 0.4) is 0 Å². The molecule has 2 N–H and O–H groups in total. The quantitative estimate of drug-likeness (QED) is 0.865. The highest BCUT2D eigenvalue weighted by Gasteiger charge is 2.30. The first kappa shape index (κ1) is 15.2. The van der Waals surface area contributed by atoms with Crippen LogP contribution in [-0.2, 0) is 9.59 Å². The van der Waals surface area contributed by atoms with Gasteiger partial charge in [0.2, 0.25) is 11.8 Å². The average molecular weight is 290 g/mol. The van der Waals surface area contributed by atoms with Crippen molar-refractivity contribution in [3.63, 3.8) is 0 Å². The minimum Gasteiger partial charge on any atom is -0.369 e. The van der Waals surface area contributed by atoms with E-state index >= 15 is 0 Å². The van der Waals surface area contributed by atoms with Crippen LogP contribution in [0, 0.1) is 11.7 Å². The SMILES string of the molecule is C[C@@H]1CC[C@H](C(N)=O)CN1C(=O)/C=C\c1cccc(F)c1. The maximum atomic E-state index is 13.1. The van der Waals surface area contributed by atoms with E-state index in [0.717, 1.165) is 6.42 Å². The van der Waals surface area contributed by atoms with Crippen LogP contribution in [0.2, 0.25) is 0 Å². The molecule has 1 aliphatic rings. The molecule has 1 heterocycles. The molecular weight excluding hydrogens is 271 g/mol. The maximum Gasteiger partial charge on any atom is 0.246 e. The van der Waals surface area contributed by atoms with Crippen molar-refractivity contribution in [1.82, 2.24) is 4.90 Å². The summed E-state index contributed by atoms with van der Waals surface area (Å²) in [4.78, 5) is 25.1. The first-order valence-corrected chi connectivity index (χ1v) is 7.01. The smallest absolute Gasteiger partial charge is 0.246 e. The van der Waals surface area contributed by atoms with Gasteiger partial charge in [-0.1, -0.05) is 12.1 Å². The summed E-state index contributed by atoms with van der Waals surface area (Å²) in [6.45, 7) is 2.30. The van der Waals surface area contributed by atoms with Gasteiger partial charge in [0.1, 0.15) is 5.82 Å². The Morgan fingerprint density at radius 1 is 1.38 bits per heavy atom. The number of hydrogen-bond acceptors (Lipinski definition) is 2. The van der Waals surface area contributed by atoms with Crippen LogP contribution in [0.1, 0.15) is 25.3 Å². The van der Waals surface area contributed by atoms with E-state index < -0.39 is 0 Å². The molecule has 2 atom stereocenters. The molecule has 1 saturated heterocycles. The van der Waals surface area contributed by atoms with Crippen molar-refractivity contribution >= 4 is 17.9 Å². The zero-order valence-corrected chi connectivity index (χ0v) is 12.0. The van der Waals surface area contributed by atoms with Crippen LogP contribution in [0.4, 0.5) is 4.39 Å². The van der Waals surface area contributed by atoms with Crippen molar-refractivity contribution in [2.24, 2.45) is 11.7 Å². The summed E-state index contributed by atoms with van der Waals surface area (Å²) in [5, 5.41) is 0. The molecule has 0 saturated carbocycles. The van der Waals surface area contributed by atoms with Crippen LogP contribution >= 0.6 is 0 Å². The Balaban J connectivity index is 2.06. The molecule has 0 unspecified atom stereocenters. The van der Waals surface area contributed by atoms with E-state index in [2.05, 4.69) is 0 Å². The molecule has 1 fully saturated rings. The molecule has 0 aliphatic carbocycles. The van der Waals surface area contributed by atoms with Crippen LogP contribution < -0.4 is 5.73 Å². The number of halogens is 1. The van der Waals surface area contributed by atoms with E-state index in [9.17, 15) is 14.0 Å². The number of nitrogens with zero attached hydrogens (tertiary/aromatic N) is 1. The van der Waals surface area contributed by atoms with Gasteiger partial charge in [0, 0.05) is 18.7 Å². The molecule has 0 radical (unpaired) electrons. The number of piperidine rings is 1. The van der Waals surface area contributed by atoms with Crippen molar-refractivity contribution < 1.29 is 14.0 Å². The van der Waals surface area contributed by atoms with Gasteiger partial charge >= 0.3 is 0 Å². The van der Waals surface area contributed by atoms with Gasteiger partial charge in [-0.25, -0.2) is 4.39 Å². The van der Waals surface area contributed by atoms with Crippen molar-refractivity contribution in [2.75, 3.05) is 6.54 Å². The molecule has 0 spiro atoms. The highest BCUT2D eigenvalue weighted by molar-refractivity contribution is 5.92. The van der Waals surface area contributed by atoms with Gasteiger partial charge in [0.05, 0.1) is 5.92 Å². The Hall–Kier alpha value is -2.17. The Morgan fingerprint density at radius 3 is 2.81 bits per heavy atom. The first-order chi connectivity index (χ1) is 9.97. The second kappa shape index (κ2) is 6.52. The molecular formula is C16H19FN2O2. The van der Waals surface area contributed by atoms with Gasteiger partial charge in [0.25, 0.3) is 0 Å². The highest BCUT2D eigenvalue weighted by Crippen LogP contribution is 2.22. The highest BCUT2D eigenvalue weighted by atomic mass is 19.1. The van der Waals surface area contributed by atoms with Crippen LogP contribution in [0.5, 0.6) is 0 Å². The fourth-order valence-corrected chi connectivity index (χ4v) is 2.52. The number of carbonyl (C=O) groups is 2. The average Bonchev–Trinajstić information content (AvgIpc) is 2.45. The van der Waals surface area contributed by atoms with Gasteiger partial charge in [-0.2, -0.15) is 0 Å². The van der Waals surface area contributed by atoms with Gasteiger partial charge in [0.15, 0.2) is 0 Å². The summed E-state index contributed by atoms with van der Waals surface area (Å²) < 4.78 is 13.1. The lowest BCUT2D eigenvalue weighted by molar-refractivity contribution is -0.133. The number of amides is 2. The lowest BCUT2D eigenvalue weighted by Gasteiger charge is -2.36. The topological polar surface area (TPSA) is 63.4 Å². The van der Waals surface area contributed by atoms with Crippen molar-refractivity contribution in [3.8, 4) is 0 Å². The van der Waals surface area contributed by atoms with E-state index in [1.165, 1.54) is 18.2 Å². The van der Waals surface area contributed by atoms with Crippen molar-refractivity contribution in [1.29, 1.82) is 0 Å². The molecule has 0 aromatic heterocycles. The summed E-state index contributed by atoms with van der Waals surface area (Å²) in [7, 11) is 0. The number of benzene rings is 1. The molecule has 1 aliphatic heterocycles. The Bertz CT molecular complexity index is 571. The van der Waals surface area contributed by atoms with E-state index in [1.54, 1.807) is 23.1 Å². The van der Waals surface area contributed by atoms with Crippen LogP contribution in [0.25, 0.3) is 6.08 Å². The lowest BCUT2D eigenvalue weighted by Crippen LogP contribution is -2.48. The summed E-state index contributed by atoms with van der Waals surface area (Å²) in [5.41, 5.74) is 5.94. The third kappa shape index (κ3) is 3.90. The third-order valence-electron chi connectivity index (χ3n) is 3.83. The lowest BCUT2D eigenvalue weighted by atomic mass is 9.93. The van der Waals surface area contributed by atoms with E-state index in [1.807, 2.05) is 6.92 Å². The number of primary amides is 1. The van der Waals surface area contributed by atoms with Gasteiger partial charge in [-0.3, -0.25) is 9.59 Å². The largest absolute Gasteiger partial charge is 0.369 e. The van der Waals surface area contributed by atoms with E-state index in [4.69, 9.17) is 5.73 Å². The second-order valence-electron chi connectivity index (χ2n) is 5.40. The summed E-state index contributed by atoms with van der Waals surface area (Å²) >= 11 is 0. The predicted molar refractivity (Wildman–Crippen MR) is 78.5 cm³/mol. The standard InChI is InChI=1S/C16H19FN2O2/c1-11-5-7-13(16(18)21)10-19(11)15(20)8-6-12-3-2-4-14(17)9-12/h2-4,6,8-9,11,13H,5,7,10H2,1H3,(H2,18,21)/b8-6-/t11-,13+/m1/s1. The number of hydrogen-bond donors (Lipinski definition) is 1. The monoisotopic (exact) mass is 290 g/mol. The van der Waals surface area contributed by atoms with Gasteiger partial charge < -0.3 is 10.6 Å². The maximum absolute atomic E-state index is 13.1. The third-order valence-corrected chi connectivity index (χ3v) is 3.83. The summed E-state index contributed by atoms with van der Waals surface area (Å²) in [6.07, 6.45) is 4.46. The molecule has 0 bridgehead atoms. The molecule has 112 valence electrons. The Kier molecular flexibility index (Phi) is 4.73. The number of rotatable bonds is 3. The second-order valence-corrected chi connectivity index (χ2v) is 5.40. The normalized spacial score (nSPS) is 22.5. The first-order valence-electron chi connectivity index (χ1n) is 7.01. The molecule has 5 heteroatoms. The zero-order chi connectivity index (χ0) is 15.4. The fraction of sp³-hybridized carbons (Fsp3) is 0.375. The zero-order valence-electron chi connectivity index (χ0n) is 12.0. The minimum atomic E-state index is -0.367. The molecule has 1 aromatic carbocycles. The Labute approximate surface area is 123 Å². The Morgan fingerprint density at radius 2 is 2.14 bits per heavy atom. The van der Waals surface area contributed by atoms with Crippen LogP contribution in [0.15, 0.2) is 30.3 Å². The number of carbonyl (C=O) groups excluding carboxylic acids is 2. The van der Waals surface area contributed by atoms with Crippen LogP contribution in [-0.4, -0.2) is 29.3 Å². The predicted octanol–water partition coefficient (Wildman–Crippen LogP) is 1.95. The molecule has 2 amide bonds. The summed E-state index contributed by atoms with van der Waals surface area (Å²) in [5.74, 6) is -1.18. The fourth-order valence-electron chi connectivity index (χ4n) is 2.52. The number of nitrogens with two attached hydrogens (primary N) is 1.